The number of nitrogens with one attached hydrogen (secondary N) is 2. The third-order valence-electron chi connectivity index (χ3n) is 3.16. The summed E-state index contributed by atoms with van der Waals surface area (Å²) in [5, 5.41) is 6.19. The van der Waals surface area contributed by atoms with Crippen LogP contribution in [-0.2, 0) is 11.2 Å². The quantitative estimate of drug-likeness (QED) is 0.731. The summed E-state index contributed by atoms with van der Waals surface area (Å²) in [5.74, 6) is 0.0333. The van der Waals surface area contributed by atoms with Crippen molar-refractivity contribution >= 4 is 34.7 Å². The van der Waals surface area contributed by atoms with Crippen LogP contribution in [0.3, 0.4) is 0 Å². The molecule has 0 atom stereocenters. The van der Waals surface area contributed by atoms with E-state index in [0.717, 1.165) is 23.5 Å². The van der Waals surface area contributed by atoms with Crippen molar-refractivity contribution in [2.24, 2.45) is 0 Å². The van der Waals surface area contributed by atoms with Crippen LogP contribution in [0.5, 0.6) is 0 Å². The molecule has 0 bridgehead atoms. The molecule has 4 N–H and O–H groups in total. The van der Waals surface area contributed by atoms with Crippen LogP contribution in [0.2, 0.25) is 0 Å². The van der Waals surface area contributed by atoms with Crippen LogP contribution in [0, 0.1) is 0 Å². The van der Waals surface area contributed by atoms with Crippen LogP contribution in [0.25, 0.3) is 0 Å². The highest BCUT2D eigenvalue weighted by Crippen LogP contribution is 2.32. The van der Waals surface area contributed by atoms with E-state index in [1.165, 1.54) is 0 Å². The molecule has 1 aromatic carbocycles. The Kier molecular flexibility index (Phi) is 3.43. The van der Waals surface area contributed by atoms with E-state index >= 15 is 0 Å². The van der Waals surface area contributed by atoms with Crippen LogP contribution in [0.4, 0.5) is 17.1 Å². The third kappa shape index (κ3) is 2.72. The molecular formula is C13H19N3OS. The van der Waals surface area contributed by atoms with Gasteiger partial charge in [-0.2, -0.15) is 11.8 Å². The average molecular weight is 265 g/mol. The number of benzene rings is 1. The number of nitrogens with two attached hydrogens (primary N) is 1. The van der Waals surface area contributed by atoms with E-state index in [-0.39, 0.29) is 10.7 Å². The number of nitrogen functional groups attached to an aromatic ring is 1. The molecule has 0 spiro atoms. The standard InChI is InChI=1S/C13H19N3OS/c1-13(2,18-3)7-15-11-6-10-8(4-9(11)14)5-12(17)16-10/h4,6,15H,5,7,14H2,1-3H3,(H,16,17). The van der Waals surface area contributed by atoms with Gasteiger partial charge in [-0.3, -0.25) is 4.79 Å². The van der Waals surface area contributed by atoms with Crippen LogP contribution in [-0.4, -0.2) is 23.5 Å². The molecule has 0 unspecified atom stereocenters. The molecule has 0 aliphatic carbocycles. The molecule has 4 nitrogen and oxygen atoms in total. The zero-order chi connectivity index (χ0) is 13.3. The van der Waals surface area contributed by atoms with Gasteiger partial charge >= 0.3 is 0 Å². The number of fused-ring (bicyclic) bond motifs is 1. The number of carbonyl (C=O) groups excluding carboxylic acids is 1. The molecule has 2 rings (SSSR count). The number of carbonyl (C=O) groups is 1. The smallest absolute Gasteiger partial charge is 0.228 e. The Hall–Kier alpha value is -1.36. The van der Waals surface area contributed by atoms with Crippen molar-refractivity contribution in [3.63, 3.8) is 0 Å². The molecule has 18 heavy (non-hydrogen) atoms. The summed E-state index contributed by atoms with van der Waals surface area (Å²) >= 11 is 1.80. The second-order valence-electron chi connectivity index (χ2n) is 5.14. The van der Waals surface area contributed by atoms with Gasteiger partial charge in [0.2, 0.25) is 5.91 Å². The van der Waals surface area contributed by atoms with E-state index < -0.39 is 0 Å². The maximum absolute atomic E-state index is 11.3. The highest BCUT2D eigenvalue weighted by Gasteiger charge is 2.20. The SMILES string of the molecule is CSC(C)(C)CNc1cc2c(cc1N)CC(=O)N2. The highest BCUT2D eigenvalue weighted by molar-refractivity contribution is 7.99. The molecule has 1 heterocycles. The van der Waals surface area contributed by atoms with Gasteiger partial charge in [0.05, 0.1) is 17.8 Å². The predicted molar refractivity (Wildman–Crippen MR) is 79.3 cm³/mol. The van der Waals surface area contributed by atoms with Gasteiger partial charge in [0.15, 0.2) is 0 Å². The van der Waals surface area contributed by atoms with E-state index in [2.05, 4.69) is 30.7 Å². The molecular weight excluding hydrogens is 246 g/mol. The summed E-state index contributed by atoms with van der Waals surface area (Å²) in [6, 6.07) is 3.80. The normalized spacial score (nSPS) is 14.3. The van der Waals surface area contributed by atoms with Crippen molar-refractivity contribution in [3.05, 3.63) is 17.7 Å². The maximum atomic E-state index is 11.3. The number of thioether (sulfide) groups is 1. The Morgan fingerprint density at radius 1 is 1.50 bits per heavy atom. The largest absolute Gasteiger partial charge is 0.397 e. The van der Waals surface area contributed by atoms with E-state index in [4.69, 9.17) is 5.73 Å². The van der Waals surface area contributed by atoms with E-state index in [0.29, 0.717) is 12.1 Å². The summed E-state index contributed by atoms with van der Waals surface area (Å²) in [5.41, 5.74) is 9.44. The Bertz CT molecular complexity index is 485. The minimum absolute atomic E-state index is 0.0333. The Morgan fingerprint density at radius 2 is 2.22 bits per heavy atom. The van der Waals surface area contributed by atoms with Crippen molar-refractivity contribution in [1.82, 2.24) is 0 Å². The average Bonchev–Trinajstić information content (AvgIpc) is 2.65. The van der Waals surface area contributed by atoms with Crippen LogP contribution < -0.4 is 16.4 Å². The molecule has 5 heteroatoms. The van der Waals surface area contributed by atoms with E-state index in [1.54, 1.807) is 11.8 Å². The van der Waals surface area contributed by atoms with Crippen LogP contribution in [0.1, 0.15) is 19.4 Å². The van der Waals surface area contributed by atoms with Gasteiger partial charge in [0.1, 0.15) is 0 Å². The number of amides is 1. The molecule has 0 radical (unpaired) electrons. The lowest BCUT2D eigenvalue weighted by Crippen LogP contribution is -2.26. The first-order chi connectivity index (χ1) is 8.41. The van der Waals surface area contributed by atoms with Crippen molar-refractivity contribution in [1.29, 1.82) is 0 Å². The zero-order valence-electron chi connectivity index (χ0n) is 11.0. The fourth-order valence-corrected chi connectivity index (χ4v) is 2.04. The maximum Gasteiger partial charge on any atom is 0.228 e. The molecule has 1 amide bonds. The molecule has 0 fully saturated rings. The fourth-order valence-electron chi connectivity index (χ4n) is 1.83. The minimum atomic E-state index is 0.0333. The second-order valence-corrected chi connectivity index (χ2v) is 6.65. The minimum Gasteiger partial charge on any atom is -0.397 e. The van der Waals surface area contributed by atoms with Crippen molar-refractivity contribution in [2.75, 3.05) is 29.2 Å². The van der Waals surface area contributed by atoms with Gasteiger partial charge in [0.25, 0.3) is 0 Å². The first-order valence-corrected chi connectivity index (χ1v) is 7.15. The van der Waals surface area contributed by atoms with Gasteiger partial charge in [-0.15, -0.1) is 0 Å². The Labute approximate surface area is 112 Å². The molecule has 0 saturated carbocycles. The van der Waals surface area contributed by atoms with E-state index in [9.17, 15) is 4.79 Å². The number of hydrogen-bond acceptors (Lipinski definition) is 4. The summed E-state index contributed by atoms with van der Waals surface area (Å²) < 4.78 is 0.148. The molecule has 0 aromatic heterocycles. The van der Waals surface area contributed by atoms with Crippen molar-refractivity contribution < 1.29 is 4.79 Å². The molecule has 0 saturated heterocycles. The molecule has 1 aromatic rings. The Balaban J connectivity index is 2.15. The lowest BCUT2D eigenvalue weighted by molar-refractivity contribution is -0.115. The monoisotopic (exact) mass is 265 g/mol. The second kappa shape index (κ2) is 4.72. The van der Waals surface area contributed by atoms with E-state index in [1.807, 2.05) is 12.1 Å². The molecule has 1 aliphatic heterocycles. The summed E-state index contributed by atoms with van der Waals surface area (Å²) in [6.45, 7) is 5.18. The van der Waals surface area contributed by atoms with Gasteiger partial charge in [0, 0.05) is 17.0 Å². The number of anilines is 3. The number of hydrogen-bond donors (Lipinski definition) is 3. The summed E-state index contributed by atoms with van der Waals surface area (Å²) in [6.07, 6.45) is 2.52. The van der Waals surface area contributed by atoms with Crippen LogP contribution >= 0.6 is 11.8 Å². The third-order valence-corrected chi connectivity index (χ3v) is 4.41. The number of rotatable bonds is 4. The van der Waals surface area contributed by atoms with Crippen molar-refractivity contribution in [2.45, 2.75) is 25.0 Å². The van der Waals surface area contributed by atoms with Gasteiger partial charge in [-0.25, -0.2) is 0 Å². The molecule has 1 aliphatic rings. The van der Waals surface area contributed by atoms with Gasteiger partial charge < -0.3 is 16.4 Å². The van der Waals surface area contributed by atoms with Gasteiger partial charge in [-0.1, -0.05) is 0 Å². The lowest BCUT2D eigenvalue weighted by Gasteiger charge is -2.23. The molecule has 98 valence electrons. The lowest BCUT2D eigenvalue weighted by atomic mass is 10.1. The predicted octanol–water partition coefficient (Wildman–Crippen LogP) is 2.32. The first-order valence-electron chi connectivity index (χ1n) is 5.92. The Morgan fingerprint density at radius 3 is 2.89 bits per heavy atom. The summed E-state index contributed by atoms with van der Waals surface area (Å²) in [7, 11) is 0. The summed E-state index contributed by atoms with van der Waals surface area (Å²) in [4.78, 5) is 11.3. The van der Waals surface area contributed by atoms with Crippen LogP contribution in [0.15, 0.2) is 12.1 Å². The zero-order valence-corrected chi connectivity index (χ0v) is 11.8. The fraction of sp³-hybridized carbons (Fsp3) is 0.462. The first kappa shape index (κ1) is 13.1. The highest BCUT2D eigenvalue weighted by atomic mass is 32.2. The van der Waals surface area contributed by atoms with Crippen molar-refractivity contribution in [3.8, 4) is 0 Å². The van der Waals surface area contributed by atoms with Gasteiger partial charge in [-0.05, 0) is 37.8 Å². The topological polar surface area (TPSA) is 67.1 Å².